The van der Waals surface area contributed by atoms with Gasteiger partial charge in [-0.25, -0.2) is 8.42 Å². The predicted octanol–water partition coefficient (Wildman–Crippen LogP) is 1.47. The Bertz CT molecular complexity index is 563. The van der Waals surface area contributed by atoms with Crippen LogP contribution in [0, 0.1) is 6.92 Å². The van der Waals surface area contributed by atoms with Crippen LogP contribution in [0.2, 0.25) is 0 Å². The quantitative estimate of drug-likeness (QED) is 0.613. The maximum absolute atomic E-state index is 11.9. The molecule has 0 unspecified atom stereocenters. The van der Waals surface area contributed by atoms with E-state index >= 15 is 0 Å². The molecule has 1 rings (SSSR count). The molecule has 0 fully saturated rings. The summed E-state index contributed by atoms with van der Waals surface area (Å²) >= 11 is 0. The van der Waals surface area contributed by atoms with Gasteiger partial charge in [-0.1, -0.05) is 6.92 Å². The van der Waals surface area contributed by atoms with Crippen LogP contribution in [0.15, 0.2) is 22.3 Å². The zero-order valence-corrected chi connectivity index (χ0v) is 12.2. The van der Waals surface area contributed by atoms with Gasteiger partial charge in [-0.15, -0.1) is 0 Å². The van der Waals surface area contributed by atoms with E-state index in [1.54, 1.807) is 31.1 Å². The van der Waals surface area contributed by atoms with Crippen molar-refractivity contribution in [1.82, 2.24) is 9.99 Å². The smallest absolute Gasteiger partial charge is 0.179 e. The maximum Gasteiger partial charge on any atom is 0.179 e. The molecule has 100 valence electrons. The van der Waals surface area contributed by atoms with Crippen LogP contribution in [0.3, 0.4) is 0 Å². The van der Waals surface area contributed by atoms with Gasteiger partial charge in [0.1, 0.15) is 0 Å². The lowest BCUT2D eigenvalue weighted by Gasteiger charge is -2.10. The van der Waals surface area contributed by atoms with Gasteiger partial charge >= 0.3 is 0 Å². The van der Waals surface area contributed by atoms with Crippen molar-refractivity contribution >= 4 is 15.5 Å². The zero-order chi connectivity index (χ0) is 13.9. The van der Waals surface area contributed by atoms with Crippen molar-refractivity contribution in [3.05, 3.63) is 23.5 Å². The van der Waals surface area contributed by atoms with Crippen LogP contribution in [0.5, 0.6) is 0 Å². The highest BCUT2D eigenvalue weighted by molar-refractivity contribution is 7.91. The van der Waals surface area contributed by atoms with E-state index in [0.717, 1.165) is 11.3 Å². The third kappa shape index (κ3) is 3.29. The Morgan fingerprint density at radius 2 is 2.06 bits per heavy atom. The summed E-state index contributed by atoms with van der Waals surface area (Å²) in [5, 5.41) is 5.91. The fourth-order valence-corrected chi connectivity index (χ4v) is 2.66. The summed E-state index contributed by atoms with van der Waals surface area (Å²) < 4.78 is 23.9. The molecule has 0 atom stereocenters. The third-order valence-electron chi connectivity index (χ3n) is 2.52. The number of aryl methyl sites for hydroxylation is 1. The topological polar surface area (TPSA) is 62.6 Å². The number of aromatic nitrogens is 1. The molecule has 0 aliphatic carbocycles. The molecule has 1 aromatic heterocycles. The molecule has 0 aromatic carbocycles. The lowest BCUT2D eigenvalue weighted by molar-refractivity contribution is 0.438. The van der Waals surface area contributed by atoms with Gasteiger partial charge in [0.15, 0.2) is 9.84 Å². The molecule has 5 nitrogen and oxygen atoms in total. The average molecular weight is 269 g/mol. The molecule has 0 radical (unpaired) electrons. The van der Waals surface area contributed by atoms with Gasteiger partial charge in [-0.05, 0) is 19.9 Å². The Labute approximate surface area is 108 Å². The van der Waals surface area contributed by atoms with Gasteiger partial charge in [-0.3, -0.25) is 4.98 Å². The van der Waals surface area contributed by atoms with Crippen LogP contribution in [0.1, 0.15) is 25.1 Å². The zero-order valence-electron chi connectivity index (χ0n) is 11.4. The van der Waals surface area contributed by atoms with Gasteiger partial charge in [0.2, 0.25) is 0 Å². The molecule has 0 saturated carbocycles. The Hall–Kier alpha value is -1.43. The fraction of sp³-hybridized carbons (Fsp3) is 0.500. The van der Waals surface area contributed by atoms with E-state index in [1.165, 1.54) is 0 Å². The van der Waals surface area contributed by atoms with Crippen LogP contribution in [0.4, 0.5) is 0 Å². The second kappa shape index (κ2) is 5.48. The minimum absolute atomic E-state index is 0.0723. The SMILES string of the molecule is CCS(=O)(=O)c1cc(/C(C)=N/N(C)C)cnc1C. The third-order valence-corrected chi connectivity index (χ3v) is 4.37. The van der Waals surface area contributed by atoms with Crippen molar-refractivity contribution in [1.29, 1.82) is 0 Å². The van der Waals surface area contributed by atoms with Crippen molar-refractivity contribution < 1.29 is 8.42 Å². The normalized spacial score (nSPS) is 12.6. The first-order valence-corrected chi connectivity index (χ1v) is 7.35. The Morgan fingerprint density at radius 1 is 1.44 bits per heavy atom. The van der Waals surface area contributed by atoms with Crippen LogP contribution < -0.4 is 0 Å². The van der Waals surface area contributed by atoms with Gasteiger partial charge in [-0.2, -0.15) is 5.10 Å². The number of hydrogen-bond donors (Lipinski definition) is 0. The number of pyridine rings is 1. The largest absolute Gasteiger partial charge is 0.303 e. The molecular formula is C12H19N3O2S. The second-order valence-corrected chi connectivity index (χ2v) is 6.49. The molecule has 0 spiro atoms. The molecule has 0 saturated heterocycles. The van der Waals surface area contributed by atoms with Gasteiger partial charge in [0.05, 0.1) is 22.1 Å². The molecule has 0 N–H and O–H groups in total. The monoisotopic (exact) mass is 269 g/mol. The van der Waals surface area contributed by atoms with E-state index in [1.807, 2.05) is 21.0 Å². The number of sulfone groups is 1. The van der Waals surface area contributed by atoms with Crippen molar-refractivity contribution in [2.24, 2.45) is 5.10 Å². The number of nitrogens with zero attached hydrogens (tertiary/aromatic N) is 3. The van der Waals surface area contributed by atoms with Gasteiger partial charge in [0.25, 0.3) is 0 Å². The van der Waals surface area contributed by atoms with Crippen LogP contribution in [0.25, 0.3) is 0 Å². The molecule has 1 heterocycles. The lowest BCUT2D eigenvalue weighted by atomic mass is 10.2. The summed E-state index contributed by atoms with van der Waals surface area (Å²) in [6.45, 7) is 5.15. The Balaban J connectivity index is 3.34. The summed E-state index contributed by atoms with van der Waals surface area (Å²) in [5.41, 5.74) is 1.99. The molecular weight excluding hydrogens is 250 g/mol. The van der Waals surface area contributed by atoms with E-state index in [2.05, 4.69) is 10.1 Å². The van der Waals surface area contributed by atoms with E-state index in [4.69, 9.17) is 0 Å². The Morgan fingerprint density at radius 3 is 2.56 bits per heavy atom. The standard InChI is InChI=1S/C12H19N3O2S/c1-6-18(16,17)12-7-11(8-13-10(12)3)9(2)14-15(4)5/h7-8H,6H2,1-5H3/b14-9+. The van der Waals surface area contributed by atoms with E-state index in [0.29, 0.717) is 5.69 Å². The first-order chi connectivity index (χ1) is 8.27. The van der Waals surface area contributed by atoms with Crippen molar-refractivity contribution in [3.63, 3.8) is 0 Å². The maximum atomic E-state index is 11.9. The average Bonchev–Trinajstić information content (AvgIpc) is 2.28. The highest BCUT2D eigenvalue weighted by Gasteiger charge is 2.16. The van der Waals surface area contributed by atoms with E-state index in [9.17, 15) is 8.42 Å². The predicted molar refractivity (Wildman–Crippen MR) is 72.6 cm³/mol. The van der Waals surface area contributed by atoms with Gasteiger partial charge < -0.3 is 5.01 Å². The first kappa shape index (κ1) is 14.6. The molecule has 0 bridgehead atoms. The summed E-state index contributed by atoms with van der Waals surface area (Å²) in [5.74, 6) is 0.0723. The molecule has 0 amide bonds. The van der Waals surface area contributed by atoms with Crippen molar-refractivity contribution in [3.8, 4) is 0 Å². The summed E-state index contributed by atoms with van der Waals surface area (Å²) in [6, 6.07) is 1.64. The van der Waals surface area contributed by atoms with E-state index in [-0.39, 0.29) is 10.6 Å². The van der Waals surface area contributed by atoms with Crippen molar-refractivity contribution in [2.75, 3.05) is 19.8 Å². The van der Waals surface area contributed by atoms with E-state index < -0.39 is 9.84 Å². The van der Waals surface area contributed by atoms with Crippen molar-refractivity contribution in [2.45, 2.75) is 25.7 Å². The number of hydrazone groups is 1. The summed E-state index contributed by atoms with van der Waals surface area (Å²) in [7, 11) is 0.384. The van der Waals surface area contributed by atoms with Crippen LogP contribution >= 0.6 is 0 Å². The fourth-order valence-electron chi connectivity index (χ4n) is 1.54. The molecule has 0 aliphatic rings. The lowest BCUT2D eigenvalue weighted by Crippen LogP contribution is -2.11. The van der Waals surface area contributed by atoms with Crippen LogP contribution in [-0.4, -0.2) is 44.0 Å². The first-order valence-electron chi connectivity index (χ1n) is 5.70. The van der Waals surface area contributed by atoms with Crippen LogP contribution in [-0.2, 0) is 9.84 Å². The second-order valence-electron chi connectivity index (χ2n) is 4.24. The molecule has 18 heavy (non-hydrogen) atoms. The Kier molecular flexibility index (Phi) is 4.45. The molecule has 1 aromatic rings. The molecule has 6 heteroatoms. The highest BCUT2D eigenvalue weighted by atomic mass is 32.2. The number of rotatable bonds is 4. The minimum atomic E-state index is -3.24. The molecule has 0 aliphatic heterocycles. The highest BCUT2D eigenvalue weighted by Crippen LogP contribution is 2.17. The summed E-state index contributed by atoms with van der Waals surface area (Å²) in [6.07, 6.45) is 1.65. The summed E-state index contributed by atoms with van der Waals surface area (Å²) in [4.78, 5) is 4.43. The minimum Gasteiger partial charge on any atom is -0.303 e. The van der Waals surface area contributed by atoms with Gasteiger partial charge in [0, 0.05) is 25.9 Å². The number of hydrogen-bond acceptors (Lipinski definition) is 5.